The number of fused-ring (bicyclic) bond motifs is 1. The number of thioether (sulfide) groups is 1. The summed E-state index contributed by atoms with van der Waals surface area (Å²) in [6.45, 7) is 2.25. The summed E-state index contributed by atoms with van der Waals surface area (Å²) in [4.78, 5) is 1.44. The van der Waals surface area contributed by atoms with Crippen molar-refractivity contribution in [1.82, 2.24) is 5.32 Å². The first kappa shape index (κ1) is 15.1. The third kappa shape index (κ3) is 3.53. The van der Waals surface area contributed by atoms with Crippen LogP contribution in [0.1, 0.15) is 43.0 Å². The van der Waals surface area contributed by atoms with Crippen molar-refractivity contribution in [2.45, 2.75) is 36.7 Å². The summed E-state index contributed by atoms with van der Waals surface area (Å²) in [5.74, 6) is 1.20. The smallest absolute Gasteiger partial charge is 0.0344 e. The number of hydrogen-bond donors (Lipinski definition) is 1. The molecule has 1 aliphatic rings. The lowest BCUT2D eigenvalue weighted by molar-refractivity contribution is 0.421. The molecule has 1 nitrogen and oxygen atoms in total. The second-order valence-electron chi connectivity index (χ2n) is 5.41. The fourth-order valence-corrected chi connectivity index (χ4v) is 4.29. The topological polar surface area (TPSA) is 12.0 Å². The molecule has 0 saturated heterocycles. The molecule has 110 valence electrons. The second-order valence-corrected chi connectivity index (χ2v) is 7.46. The Morgan fingerprint density at radius 2 is 1.95 bits per heavy atom. The van der Waals surface area contributed by atoms with E-state index < -0.39 is 0 Å². The SMILES string of the molecule is CCC(NC1CCSc2ccccc21)c1ccc(Br)cc1. The lowest BCUT2D eigenvalue weighted by atomic mass is 9.99. The summed E-state index contributed by atoms with van der Waals surface area (Å²) in [6.07, 6.45) is 2.31. The minimum absolute atomic E-state index is 0.416. The number of benzene rings is 2. The van der Waals surface area contributed by atoms with Gasteiger partial charge in [-0.1, -0.05) is 53.2 Å². The van der Waals surface area contributed by atoms with E-state index in [1.54, 1.807) is 0 Å². The third-order valence-electron chi connectivity index (χ3n) is 4.04. The van der Waals surface area contributed by atoms with E-state index >= 15 is 0 Å². The predicted molar refractivity (Wildman–Crippen MR) is 94.8 cm³/mol. The van der Waals surface area contributed by atoms with Crippen LogP contribution < -0.4 is 5.32 Å². The van der Waals surface area contributed by atoms with Gasteiger partial charge in [0.25, 0.3) is 0 Å². The first-order valence-corrected chi connectivity index (χ1v) is 9.29. The van der Waals surface area contributed by atoms with Crippen molar-refractivity contribution < 1.29 is 0 Å². The highest BCUT2D eigenvalue weighted by molar-refractivity contribution is 9.10. The lowest BCUT2D eigenvalue weighted by Crippen LogP contribution is -2.28. The van der Waals surface area contributed by atoms with Crippen LogP contribution in [0, 0.1) is 0 Å². The molecule has 0 radical (unpaired) electrons. The highest BCUT2D eigenvalue weighted by atomic mass is 79.9. The molecule has 0 aliphatic carbocycles. The van der Waals surface area contributed by atoms with Crippen molar-refractivity contribution >= 4 is 27.7 Å². The van der Waals surface area contributed by atoms with E-state index in [4.69, 9.17) is 0 Å². The summed E-state index contributed by atoms with van der Waals surface area (Å²) in [6, 6.07) is 18.4. The minimum atomic E-state index is 0.416. The monoisotopic (exact) mass is 361 g/mol. The van der Waals surface area contributed by atoms with E-state index in [1.807, 2.05) is 11.8 Å². The molecule has 21 heavy (non-hydrogen) atoms. The van der Waals surface area contributed by atoms with E-state index in [9.17, 15) is 0 Å². The Labute approximate surface area is 139 Å². The summed E-state index contributed by atoms with van der Waals surface area (Å²) in [5.41, 5.74) is 2.83. The maximum atomic E-state index is 3.87. The van der Waals surface area contributed by atoms with Gasteiger partial charge in [-0.05, 0) is 47.9 Å². The van der Waals surface area contributed by atoms with E-state index in [1.165, 1.54) is 28.2 Å². The molecule has 1 aliphatic heterocycles. The maximum Gasteiger partial charge on any atom is 0.0344 e. The second kappa shape index (κ2) is 6.99. The van der Waals surface area contributed by atoms with Crippen LogP contribution in [-0.4, -0.2) is 5.75 Å². The maximum absolute atomic E-state index is 3.87. The number of hydrogen-bond acceptors (Lipinski definition) is 2. The molecule has 2 unspecified atom stereocenters. The van der Waals surface area contributed by atoms with Gasteiger partial charge in [0.05, 0.1) is 0 Å². The number of halogens is 1. The molecule has 0 fully saturated rings. The van der Waals surface area contributed by atoms with Crippen LogP contribution in [0.2, 0.25) is 0 Å². The van der Waals surface area contributed by atoms with Crippen molar-refractivity contribution in [2.75, 3.05) is 5.75 Å². The van der Waals surface area contributed by atoms with E-state index in [0.29, 0.717) is 12.1 Å². The van der Waals surface area contributed by atoms with Gasteiger partial charge >= 0.3 is 0 Å². The van der Waals surface area contributed by atoms with Crippen molar-refractivity contribution in [2.24, 2.45) is 0 Å². The van der Waals surface area contributed by atoms with Gasteiger partial charge in [-0.3, -0.25) is 0 Å². The fourth-order valence-electron chi connectivity index (χ4n) is 2.90. The minimum Gasteiger partial charge on any atom is -0.303 e. The molecule has 1 heterocycles. The van der Waals surface area contributed by atoms with Gasteiger partial charge in [0.1, 0.15) is 0 Å². The van der Waals surface area contributed by atoms with Crippen LogP contribution in [0.5, 0.6) is 0 Å². The quantitative estimate of drug-likeness (QED) is 0.746. The van der Waals surface area contributed by atoms with Gasteiger partial charge < -0.3 is 5.32 Å². The molecule has 2 atom stereocenters. The van der Waals surface area contributed by atoms with Gasteiger partial charge in [0.15, 0.2) is 0 Å². The van der Waals surface area contributed by atoms with E-state index in [-0.39, 0.29) is 0 Å². The molecular weight excluding hydrogens is 342 g/mol. The largest absolute Gasteiger partial charge is 0.303 e. The Balaban J connectivity index is 1.80. The van der Waals surface area contributed by atoms with Crippen LogP contribution in [0.15, 0.2) is 57.9 Å². The zero-order valence-corrected chi connectivity index (χ0v) is 14.6. The summed E-state index contributed by atoms with van der Waals surface area (Å²) in [5, 5.41) is 3.87. The molecule has 3 rings (SSSR count). The Morgan fingerprint density at radius 1 is 1.19 bits per heavy atom. The Hall–Kier alpha value is -0.770. The lowest BCUT2D eigenvalue weighted by Gasteiger charge is -2.30. The molecular formula is C18H20BrNS. The normalized spacial score (nSPS) is 19.0. The Kier molecular flexibility index (Phi) is 5.04. The van der Waals surface area contributed by atoms with Crippen molar-refractivity contribution in [3.05, 3.63) is 64.1 Å². The first-order valence-electron chi connectivity index (χ1n) is 7.51. The number of nitrogens with one attached hydrogen (secondary N) is 1. The van der Waals surface area contributed by atoms with Crippen LogP contribution in [0.3, 0.4) is 0 Å². The van der Waals surface area contributed by atoms with E-state index in [0.717, 1.165) is 10.9 Å². The van der Waals surface area contributed by atoms with Gasteiger partial charge in [-0.2, -0.15) is 0 Å². The van der Waals surface area contributed by atoms with Crippen LogP contribution in [0.25, 0.3) is 0 Å². The molecule has 0 amide bonds. The molecule has 0 spiro atoms. The van der Waals surface area contributed by atoms with Crippen molar-refractivity contribution in [3.8, 4) is 0 Å². The molecule has 0 bridgehead atoms. The van der Waals surface area contributed by atoms with Crippen LogP contribution >= 0.6 is 27.7 Å². The predicted octanol–water partition coefficient (Wildman–Crippen LogP) is 5.73. The summed E-state index contributed by atoms with van der Waals surface area (Å²) < 4.78 is 1.14. The standard InChI is InChI=1S/C18H20BrNS/c1-2-16(13-7-9-14(19)10-8-13)20-17-11-12-21-18-6-4-3-5-15(17)18/h3-10,16-17,20H,2,11-12H2,1H3. The molecule has 1 N–H and O–H groups in total. The van der Waals surface area contributed by atoms with Crippen LogP contribution in [-0.2, 0) is 0 Å². The van der Waals surface area contributed by atoms with Gasteiger partial charge in [-0.25, -0.2) is 0 Å². The third-order valence-corrected chi connectivity index (χ3v) is 5.69. The molecule has 0 saturated carbocycles. The van der Waals surface area contributed by atoms with Gasteiger partial charge in [-0.15, -0.1) is 11.8 Å². The number of rotatable bonds is 4. The molecule has 0 aromatic heterocycles. The fraction of sp³-hybridized carbons (Fsp3) is 0.333. The zero-order chi connectivity index (χ0) is 14.7. The highest BCUT2D eigenvalue weighted by Crippen LogP contribution is 2.37. The molecule has 3 heteroatoms. The average molecular weight is 362 g/mol. The summed E-state index contributed by atoms with van der Waals surface area (Å²) in [7, 11) is 0. The average Bonchev–Trinajstić information content (AvgIpc) is 2.54. The Morgan fingerprint density at radius 3 is 2.71 bits per heavy atom. The van der Waals surface area contributed by atoms with Crippen molar-refractivity contribution in [3.63, 3.8) is 0 Å². The summed E-state index contributed by atoms with van der Waals surface area (Å²) >= 11 is 5.49. The van der Waals surface area contributed by atoms with Gasteiger partial charge in [0, 0.05) is 21.5 Å². The molecule has 2 aromatic carbocycles. The molecule has 2 aromatic rings. The van der Waals surface area contributed by atoms with Crippen LogP contribution in [0.4, 0.5) is 0 Å². The highest BCUT2D eigenvalue weighted by Gasteiger charge is 2.22. The van der Waals surface area contributed by atoms with Gasteiger partial charge in [0.2, 0.25) is 0 Å². The van der Waals surface area contributed by atoms with Crippen molar-refractivity contribution in [1.29, 1.82) is 0 Å². The zero-order valence-electron chi connectivity index (χ0n) is 12.2. The first-order chi connectivity index (χ1) is 10.3. The van der Waals surface area contributed by atoms with E-state index in [2.05, 4.69) is 76.7 Å². The Bertz CT molecular complexity index is 596.